The van der Waals surface area contributed by atoms with Crippen molar-refractivity contribution in [3.8, 4) is 0 Å². The molecular weight excluding hydrogens is 320 g/mol. The van der Waals surface area contributed by atoms with Crippen LogP contribution in [-0.4, -0.2) is 59.0 Å². The van der Waals surface area contributed by atoms with E-state index < -0.39 is 0 Å². The molecule has 2 aromatic rings. The van der Waals surface area contributed by atoms with E-state index in [1.54, 1.807) is 6.20 Å². The molecule has 2 aromatic heterocycles. The normalized spacial score (nSPS) is 20.9. The molecule has 24 heavy (non-hydrogen) atoms. The Bertz CT molecular complexity index is 691. The Morgan fingerprint density at radius 2 is 1.71 bits per heavy atom. The number of piperidine rings is 1. The van der Waals surface area contributed by atoms with Crippen molar-refractivity contribution in [2.45, 2.75) is 31.6 Å². The van der Waals surface area contributed by atoms with Crippen LogP contribution >= 0.6 is 11.6 Å². The lowest BCUT2D eigenvalue weighted by Crippen LogP contribution is -2.38. The van der Waals surface area contributed by atoms with Crippen molar-refractivity contribution >= 4 is 22.6 Å². The second-order valence-corrected chi connectivity index (χ2v) is 7.54. The number of halogens is 1. The van der Waals surface area contributed by atoms with E-state index in [9.17, 15) is 0 Å². The zero-order chi connectivity index (χ0) is 16.4. The van der Waals surface area contributed by atoms with E-state index in [1.807, 2.05) is 6.07 Å². The highest BCUT2D eigenvalue weighted by Crippen LogP contribution is 2.28. The van der Waals surface area contributed by atoms with Crippen LogP contribution in [-0.2, 0) is 0 Å². The number of rotatable bonds is 4. The van der Waals surface area contributed by atoms with Crippen molar-refractivity contribution in [2.24, 2.45) is 0 Å². The van der Waals surface area contributed by atoms with Crippen molar-refractivity contribution in [3.05, 3.63) is 35.1 Å². The van der Waals surface area contributed by atoms with Gasteiger partial charge in [0, 0.05) is 36.3 Å². The lowest BCUT2D eigenvalue weighted by Gasteiger charge is -2.32. The van der Waals surface area contributed by atoms with Gasteiger partial charge in [-0.1, -0.05) is 11.6 Å². The average Bonchev–Trinajstić information content (AvgIpc) is 3.13. The van der Waals surface area contributed by atoms with E-state index in [1.165, 1.54) is 70.6 Å². The van der Waals surface area contributed by atoms with Crippen LogP contribution in [0.25, 0.3) is 11.0 Å². The molecule has 0 aliphatic carbocycles. The molecule has 0 unspecified atom stereocenters. The highest BCUT2D eigenvalue weighted by molar-refractivity contribution is 6.31. The summed E-state index contributed by atoms with van der Waals surface area (Å²) >= 11 is 6.00. The first-order chi connectivity index (χ1) is 11.8. The number of likely N-dealkylation sites (tertiary alicyclic amines) is 2. The van der Waals surface area contributed by atoms with E-state index in [0.29, 0.717) is 10.9 Å². The van der Waals surface area contributed by atoms with Gasteiger partial charge in [-0.05, 0) is 70.1 Å². The minimum Gasteiger partial charge on any atom is -0.302 e. The number of fused-ring (bicyclic) bond motifs is 1. The van der Waals surface area contributed by atoms with Crippen LogP contribution in [0.2, 0.25) is 5.02 Å². The predicted molar refractivity (Wildman–Crippen MR) is 98.6 cm³/mol. The third-order valence-electron chi connectivity index (χ3n) is 5.47. The van der Waals surface area contributed by atoms with Crippen molar-refractivity contribution < 1.29 is 0 Å². The second kappa shape index (κ2) is 7.34. The molecule has 2 saturated heterocycles. The van der Waals surface area contributed by atoms with Gasteiger partial charge in [0.1, 0.15) is 0 Å². The van der Waals surface area contributed by atoms with E-state index in [-0.39, 0.29) is 0 Å². The fraction of sp³-hybridized carbons (Fsp3) is 0.579. The molecule has 0 N–H and O–H groups in total. The van der Waals surface area contributed by atoms with Crippen molar-refractivity contribution in [3.63, 3.8) is 0 Å². The number of nitrogens with zero attached hydrogens (tertiary/aromatic N) is 4. The first kappa shape index (κ1) is 16.2. The highest BCUT2D eigenvalue weighted by atomic mass is 35.5. The molecule has 0 amide bonds. The fourth-order valence-electron chi connectivity index (χ4n) is 3.97. The Balaban J connectivity index is 1.34. The molecule has 0 spiro atoms. The average molecular weight is 345 g/mol. The first-order valence-electron chi connectivity index (χ1n) is 9.15. The fourth-order valence-corrected chi connectivity index (χ4v) is 4.13. The molecule has 0 bridgehead atoms. The lowest BCUT2D eigenvalue weighted by atomic mass is 9.93. The summed E-state index contributed by atoms with van der Waals surface area (Å²) in [5, 5.41) is 1.69. The Morgan fingerprint density at radius 1 is 1.00 bits per heavy atom. The largest absolute Gasteiger partial charge is 0.302 e. The van der Waals surface area contributed by atoms with E-state index in [0.717, 1.165) is 11.0 Å². The van der Waals surface area contributed by atoms with Crippen LogP contribution in [0.15, 0.2) is 24.4 Å². The van der Waals surface area contributed by atoms with Gasteiger partial charge in [0.2, 0.25) is 0 Å². The standard InChI is InChI=1S/C19H25ClN4/c20-17-13-16-3-4-18(22-19(16)21-14-17)15-5-9-24(10-6-15)12-11-23-7-1-2-8-23/h3-4,13-15H,1-2,5-12H2. The third-order valence-corrected chi connectivity index (χ3v) is 5.67. The summed E-state index contributed by atoms with van der Waals surface area (Å²) in [6, 6.07) is 6.20. The van der Waals surface area contributed by atoms with Crippen molar-refractivity contribution in [1.82, 2.24) is 19.8 Å². The molecule has 2 aliphatic heterocycles. The summed E-state index contributed by atoms with van der Waals surface area (Å²) in [4.78, 5) is 14.4. The van der Waals surface area contributed by atoms with Gasteiger partial charge in [0.05, 0.1) is 5.02 Å². The molecule has 0 aromatic carbocycles. The Kier molecular flexibility index (Phi) is 4.97. The van der Waals surface area contributed by atoms with Gasteiger partial charge < -0.3 is 9.80 Å². The van der Waals surface area contributed by atoms with E-state index in [4.69, 9.17) is 16.6 Å². The molecule has 128 valence electrons. The minimum atomic E-state index is 0.565. The topological polar surface area (TPSA) is 32.3 Å². The second-order valence-electron chi connectivity index (χ2n) is 7.10. The summed E-state index contributed by atoms with van der Waals surface area (Å²) in [5.41, 5.74) is 2.00. The Morgan fingerprint density at radius 3 is 2.46 bits per heavy atom. The maximum atomic E-state index is 6.00. The van der Waals surface area contributed by atoms with Crippen LogP contribution in [0.1, 0.15) is 37.3 Å². The van der Waals surface area contributed by atoms with Gasteiger partial charge >= 0.3 is 0 Å². The van der Waals surface area contributed by atoms with Gasteiger partial charge in [-0.3, -0.25) is 0 Å². The van der Waals surface area contributed by atoms with Gasteiger partial charge in [-0.25, -0.2) is 9.97 Å². The first-order valence-corrected chi connectivity index (χ1v) is 9.53. The molecule has 5 heteroatoms. The monoisotopic (exact) mass is 344 g/mol. The molecule has 2 aliphatic rings. The summed E-state index contributed by atoms with van der Waals surface area (Å²) in [6.07, 6.45) is 6.85. The number of hydrogen-bond donors (Lipinski definition) is 0. The number of aromatic nitrogens is 2. The van der Waals surface area contributed by atoms with Gasteiger partial charge in [-0.15, -0.1) is 0 Å². The third kappa shape index (κ3) is 3.71. The minimum absolute atomic E-state index is 0.565. The smallest absolute Gasteiger partial charge is 0.159 e. The molecule has 0 radical (unpaired) electrons. The van der Waals surface area contributed by atoms with Crippen LogP contribution in [0.5, 0.6) is 0 Å². The summed E-state index contributed by atoms with van der Waals surface area (Å²) in [7, 11) is 0. The molecule has 4 rings (SSSR count). The number of hydrogen-bond acceptors (Lipinski definition) is 4. The van der Waals surface area contributed by atoms with E-state index in [2.05, 4.69) is 26.9 Å². The zero-order valence-electron chi connectivity index (χ0n) is 14.1. The van der Waals surface area contributed by atoms with Crippen LogP contribution < -0.4 is 0 Å². The SMILES string of the molecule is Clc1cnc2nc(C3CCN(CCN4CCCC4)CC3)ccc2c1. The maximum Gasteiger partial charge on any atom is 0.159 e. The van der Waals surface area contributed by atoms with E-state index >= 15 is 0 Å². The molecule has 4 nitrogen and oxygen atoms in total. The Labute approximate surface area is 148 Å². The van der Waals surface area contributed by atoms with Crippen LogP contribution in [0.3, 0.4) is 0 Å². The van der Waals surface area contributed by atoms with Crippen molar-refractivity contribution in [2.75, 3.05) is 39.3 Å². The summed E-state index contributed by atoms with van der Waals surface area (Å²) in [6.45, 7) is 7.43. The summed E-state index contributed by atoms with van der Waals surface area (Å²) in [5.74, 6) is 0.565. The van der Waals surface area contributed by atoms with Crippen LogP contribution in [0, 0.1) is 0 Å². The van der Waals surface area contributed by atoms with Crippen LogP contribution in [0.4, 0.5) is 0 Å². The predicted octanol–water partition coefficient (Wildman–Crippen LogP) is 3.56. The Hall–Kier alpha value is -1.23. The lowest BCUT2D eigenvalue weighted by molar-refractivity contribution is 0.184. The zero-order valence-corrected chi connectivity index (χ0v) is 14.9. The molecule has 4 heterocycles. The highest BCUT2D eigenvalue weighted by Gasteiger charge is 2.22. The van der Waals surface area contributed by atoms with Crippen molar-refractivity contribution in [1.29, 1.82) is 0 Å². The van der Waals surface area contributed by atoms with Gasteiger partial charge in [-0.2, -0.15) is 0 Å². The molecular formula is C19H25ClN4. The molecule has 0 saturated carbocycles. The summed E-state index contributed by atoms with van der Waals surface area (Å²) < 4.78 is 0. The van der Waals surface area contributed by atoms with Gasteiger partial charge in [0.25, 0.3) is 0 Å². The maximum absolute atomic E-state index is 6.00. The number of pyridine rings is 2. The van der Waals surface area contributed by atoms with Gasteiger partial charge in [0.15, 0.2) is 5.65 Å². The molecule has 0 atom stereocenters. The quantitative estimate of drug-likeness (QED) is 0.849. The molecule has 2 fully saturated rings.